The molecule has 1 aliphatic rings. The van der Waals surface area contributed by atoms with E-state index in [0.29, 0.717) is 41.9 Å². The summed E-state index contributed by atoms with van der Waals surface area (Å²) in [4.78, 5) is 20.7. The maximum absolute atomic E-state index is 13.9. The Hall–Kier alpha value is -2.98. The molecule has 10 heteroatoms. The van der Waals surface area contributed by atoms with Crippen LogP contribution >= 0.6 is 22.9 Å². The number of hydrogen-bond donors (Lipinski definition) is 0. The zero-order chi connectivity index (χ0) is 26.7. The van der Waals surface area contributed by atoms with Crippen LogP contribution in [0.2, 0.25) is 5.02 Å². The van der Waals surface area contributed by atoms with Gasteiger partial charge in [0.15, 0.2) is 5.13 Å². The maximum Gasteiger partial charge on any atom is 0.243 e. The van der Waals surface area contributed by atoms with E-state index in [0.717, 1.165) is 15.8 Å². The van der Waals surface area contributed by atoms with Gasteiger partial charge in [0.05, 0.1) is 22.7 Å². The van der Waals surface area contributed by atoms with Crippen LogP contribution in [0.25, 0.3) is 10.2 Å². The first-order valence-electron chi connectivity index (χ1n) is 12.5. The minimum Gasteiger partial charge on any atom is -0.492 e. The third-order valence-corrected chi connectivity index (χ3v) is 9.81. The number of rotatable bonds is 8. The summed E-state index contributed by atoms with van der Waals surface area (Å²) in [5.74, 6) is 0.337. The van der Waals surface area contributed by atoms with Crippen molar-refractivity contribution in [1.82, 2.24) is 9.29 Å². The van der Waals surface area contributed by atoms with Crippen molar-refractivity contribution in [3.8, 4) is 5.75 Å². The molecule has 4 aromatic rings. The fraction of sp³-hybridized carbons (Fsp3) is 0.286. The van der Waals surface area contributed by atoms with Gasteiger partial charge in [-0.15, -0.1) is 0 Å². The number of thiazole rings is 1. The van der Waals surface area contributed by atoms with Gasteiger partial charge in [0.25, 0.3) is 0 Å². The number of aromatic nitrogens is 1. The molecule has 5 rings (SSSR count). The molecule has 1 saturated heterocycles. The van der Waals surface area contributed by atoms with Crippen molar-refractivity contribution in [3.63, 3.8) is 0 Å². The van der Waals surface area contributed by atoms with Gasteiger partial charge in [-0.3, -0.25) is 9.69 Å². The lowest BCUT2D eigenvalue weighted by atomic mass is 9.96. The zero-order valence-corrected chi connectivity index (χ0v) is 23.3. The molecule has 7 nitrogen and oxygen atoms in total. The van der Waals surface area contributed by atoms with E-state index in [1.807, 2.05) is 55.5 Å². The van der Waals surface area contributed by atoms with E-state index < -0.39 is 10.0 Å². The number of hydrogen-bond acceptors (Lipinski definition) is 6. The van der Waals surface area contributed by atoms with Gasteiger partial charge in [0.2, 0.25) is 15.9 Å². The average Bonchev–Trinajstić information content (AvgIpc) is 3.37. The highest BCUT2D eigenvalue weighted by Gasteiger charge is 2.35. The highest BCUT2D eigenvalue weighted by atomic mass is 35.5. The van der Waals surface area contributed by atoms with Gasteiger partial charge in [0.1, 0.15) is 11.3 Å². The van der Waals surface area contributed by atoms with Gasteiger partial charge in [-0.2, -0.15) is 4.31 Å². The highest BCUT2D eigenvalue weighted by Crippen LogP contribution is 2.36. The number of para-hydroxylation sites is 1. The second-order valence-electron chi connectivity index (χ2n) is 9.07. The standard InChI is InChI=1S/C28H28ClN3O4S2/c1-2-36-24-9-6-10-25-26(24)30-28(37-25)32(19-20-7-4-3-5-8-20)27(33)21-15-17-31(18-16-21)38(34,35)23-13-11-22(29)12-14-23/h3-14,21H,2,15-19H2,1H3. The summed E-state index contributed by atoms with van der Waals surface area (Å²) < 4.78 is 34.4. The minimum absolute atomic E-state index is 0.0468. The van der Waals surface area contributed by atoms with Crippen LogP contribution in [0.1, 0.15) is 25.3 Å². The van der Waals surface area contributed by atoms with E-state index in [1.54, 1.807) is 17.0 Å². The first-order valence-corrected chi connectivity index (χ1v) is 15.1. The highest BCUT2D eigenvalue weighted by molar-refractivity contribution is 7.89. The van der Waals surface area contributed by atoms with Crippen LogP contribution in [-0.4, -0.2) is 43.3 Å². The summed E-state index contributed by atoms with van der Waals surface area (Å²) >= 11 is 7.39. The van der Waals surface area contributed by atoms with Gasteiger partial charge in [-0.1, -0.05) is 59.3 Å². The van der Waals surface area contributed by atoms with Crippen LogP contribution in [0.5, 0.6) is 5.75 Å². The maximum atomic E-state index is 13.9. The monoisotopic (exact) mass is 569 g/mol. The Balaban J connectivity index is 1.38. The molecule has 0 N–H and O–H groups in total. The molecule has 0 unspecified atom stereocenters. The molecule has 0 atom stereocenters. The van der Waals surface area contributed by atoms with Crippen molar-refractivity contribution >= 4 is 54.2 Å². The summed E-state index contributed by atoms with van der Waals surface area (Å²) in [6, 6.07) is 21.8. The van der Waals surface area contributed by atoms with Crippen molar-refractivity contribution in [2.24, 2.45) is 5.92 Å². The van der Waals surface area contributed by atoms with E-state index in [1.165, 1.54) is 27.8 Å². The summed E-state index contributed by atoms with van der Waals surface area (Å²) in [6.07, 6.45) is 0.873. The molecule has 38 heavy (non-hydrogen) atoms. The second-order valence-corrected chi connectivity index (χ2v) is 12.5. The third kappa shape index (κ3) is 5.56. The largest absolute Gasteiger partial charge is 0.492 e. The van der Waals surface area contributed by atoms with Gasteiger partial charge in [-0.05, 0) is 61.7 Å². The smallest absolute Gasteiger partial charge is 0.243 e. The summed E-state index contributed by atoms with van der Waals surface area (Å²) in [5.41, 5.74) is 1.73. The Bertz CT molecular complexity index is 1520. The van der Waals surface area contributed by atoms with Crippen LogP contribution in [0.15, 0.2) is 77.7 Å². The van der Waals surface area contributed by atoms with Crippen molar-refractivity contribution in [2.75, 3.05) is 24.6 Å². The fourth-order valence-electron chi connectivity index (χ4n) is 4.62. The van der Waals surface area contributed by atoms with Crippen LogP contribution < -0.4 is 9.64 Å². The molecule has 3 aromatic carbocycles. The van der Waals surface area contributed by atoms with Crippen LogP contribution in [0, 0.1) is 5.92 Å². The Morgan fingerprint density at radius 2 is 1.76 bits per heavy atom. The number of amides is 1. The molecule has 0 bridgehead atoms. The number of carbonyl (C=O) groups excluding carboxylic acids is 1. The Kier molecular flexibility index (Phi) is 7.99. The average molecular weight is 570 g/mol. The third-order valence-electron chi connectivity index (χ3n) is 6.61. The predicted octanol–water partition coefficient (Wildman–Crippen LogP) is 5.98. The van der Waals surface area contributed by atoms with E-state index in [2.05, 4.69) is 0 Å². The molecule has 0 spiro atoms. The normalized spacial score (nSPS) is 15.0. The van der Waals surface area contributed by atoms with Gasteiger partial charge in [0, 0.05) is 24.0 Å². The molecule has 2 heterocycles. The quantitative estimate of drug-likeness (QED) is 0.261. The number of sulfonamides is 1. The van der Waals surface area contributed by atoms with Crippen LogP contribution in [0.3, 0.4) is 0 Å². The minimum atomic E-state index is -3.65. The van der Waals surface area contributed by atoms with Gasteiger partial charge >= 0.3 is 0 Å². The molecule has 0 aliphatic carbocycles. The number of carbonyl (C=O) groups is 1. The van der Waals surface area contributed by atoms with Crippen LogP contribution in [-0.2, 0) is 21.4 Å². The Morgan fingerprint density at radius 1 is 1.05 bits per heavy atom. The lowest BCUT2D eigenvalue weighted by molar-refractivity contribution is -0.123. The predicted molar refractivity (Wildman–Crippen MR) is 151 cm³/mol. The molecule has 0 saturated carbocycles. The van der Waals surface area contributed by atoms with E-state index in [4.69, 9.17) is 21.3 Å². The number of nitrogens with zero attached hydrogens (tertiary/aromatic N) is 3. The molecular weight excluding hydrogens is 542 g/mol. The lowest BCUT2D eigenvalue weighted by Gasteiger charge is -2.33. The number of piperidine rings is 1. The van der Waals surface area contributed by atoms with Crippen LogP contribution in [0.4, 0.5) is 5.13 Å². The molecule has 1 aliphatic heterocycles. The zero-order valence-electron chi connectivity index (χ0n) is 20.9. The van der Waals surface area contributed by atoms with E-state index >= 15 is 0 Å². The summed E-state index contributed by atoms with van der Waals surface area (Å²) in [6.45, 7) is 3.38. The van der Waals surface area contributed by atoms with Gasteiger partial charge < -0.3 is 4.74 Å². The van der Waals surface area contributed by atoms with E-state index in [9.17, 15) is 13.2 Å². The first-order chi connectivity index (χ1) is 18.4. The second kappa shape index (κ2) is 11.4. The molecular formula is C28H28ClN3O4S2. The molecule has 1 amide bonds. The SMILES string of the molecule is CCOc1cccc2sc(N(Cc3ccccc3)C(=O)C3CCN(S(=O)(=O)c4ccc(Cl)cc4)CC3)nc12. The van der Waals surface area contributed by atoms with Crippen molar-refractivity contribution in [3.05, 3.63) is 83.4 Å². The molecule has 198 valence electrons. The summed E-state index contributed by atoms with van der Waals surface area (Å²) in [5, 5.41) is 1.09. The fourth-order valence-corrected chi connectivity index (χ4v) is 7.21. The topological polar surface area (TPSA) is 79.8 Å². The number of benzene rings is 3. The van der Waals surface area contributed by atoms with Crippen molar-refractivity contribution < 1.29 is 17.9 Å². The van der Waals surface area contributed by atoms with Crippen molar-refractivity contribution in [2.45, 2.75) is 31.2 Å². The van der Waals surface area contributed by atoms with E-state index in [-0.39, 0.29) is 29.8 Å². The molecule has 0 radical (unpaired) electrons. The number of anilines is 1. The number of ether oxygens (including phenoxy) is 1. The Labute approximate surface area is 231 Å². The van der Waals surface area contributed by atoms with Crippen molar-refractivity contribution in [1.29, 1.82) is 0 Å². The summed E-state index contributed by atoms with van der Waals surface area (Å²) in [7, 11) is -3.65. The number of fused-ring (bicyclic) bond motifs is 1. The Morgan fingerprint density at radius 3 is 2.45 bits per heavy atom. The first kappa shape index (κ1) is 26.6. The molecule has 1 fully saturated rings. The molecule has 1 aromatic heterocycles. The number of halogens is 1. The lowest BCUT2D eigenvalue weighted by Crippen LogP contribution is -2.44. The van der Waals surface area contributed by atoms with Gasteiger partial charge in [-0.25, -0.2) is 13.4 Å².